The summed E-state index contributed by atoms with van der Waals surface area (Å²) in [6.07, 6.45) is 1.29. The summed E-state index contributed by atoms with van der Waals surface area (Å²) in [4.78, 5) is 24.0. The molecule has 0 atom stereocenters. The van der Waals surface area contributed by atoms with Crippen molar-refractivity contribution in [3.8, 4) is 0 Å². The maximum atomic E-state index is 11.8. The fourth-order valence-electron chi connectivity index (χ4n) is 1.67. The van der Waals surface area contributed by atoms with Crippen molar-refractivity contribution in [1.82, 2.24) is 4.90 Å². The number of carboxylic acid groups (broad SMARTS) is 1. The first kappa shape index (κ1) is 13.8. The van der Waals surface area contributed by atoms with E-state index in [9.17, 15) is 14.7 Å². The Bertz CT molecular complexity index is 293. The van der Waals surface area contributed by atoms with Crippen molar-refractivity contribution in [2.24, 2.45) is 5.92 Å². The number of carbonyl (C=O) groups excluding carboxylic acids is 2. The van der Waals surface area contributed by atoms with Gasteiger partial charge in [-0.1, -0.05) is 6.92 Å². The van der Waals surface area contributed by atoms with E-state index in [1.165, 1.54) is 0 Å². The van der Waals surface area contributed by atoms with Crippen molar-refractivity contribution >= 4 is 12.1 Å². The van der Waals surface area contributed by atoms with E-state index in [1.54, 1.807) is 4.90 Å². The molecule has 0 saturated carbocycles. The highest BCUT2D eigenvalue weighted by Gasteiger charge is 2.28. The fraction of sp³-hybridized carbons (Fsp3) is 0.833. The molecule has 1 fully saturated rings. The number of aliphatic carboxylic acids is 1. The second kappa shape index (κ2) is 5.38. The Morgan fingerprint density at radius 3 is 2.29 bits per heavy atom. The number of carboxylic acids is 1. The van der Waals surface area contributed by atoms with Crippen molar-refractivity contribution in [3.05, 3.63) is 0 Å². The standard InChI is InChI=1S/C12H21NO4/c1-4-12(2,3)17-11(16)13-7-5-9(6-8-13)10(14)15/h9H,4-8H2,1-3H3,(H,14,15)/p-1. The number of ether oxygens (including phenoxy) is 1. The van der Waals surface area contributed by atoms with Crippen LogP contribution in [0, 0.1) is 5.92 Å². The molecule has 0 spiro atoms. The van der Waals surface area contributed by atoms with Gasteiger partial charge in [-0.3, -0.25) is 0 Å². The van der Waals surface area contributed by atoms with E-state index >= 15 is 0 Å². The normalized spacial score (nSPS) is 17.9. The van der Waals surface area contributed by atoms with Crippen molar-refractivity contribution in [2.45, 2.75) is 45.6 Å². The van der Waals surface area contributed by atoms with Crippen LogP contribution in [0.1, 0.15) is 40.0 Å². The minimum Gasteiger partial charge on any atom is -0.550 e. The number of rotatable bonds is 3. The quantitative estimate of drug-likeness (QED) is 0.733. The van der Waals surface area contributed by atoms with Crippen molar-refractivity contribution in [2.75, 3.05) is 13.1 Å². The third-order valence-corrected chi connectivity index (χ3v) is 3.30. The van der Waals surface area contributed by atoms with Gasteiger partial charge >= 0.3 is 6.09 Å². The highest BCUT2D eigenvalue weighted by atomic mass is 16.6. The van der Waals surface area contributed by atoms with Gasteiger partial charge in [0.2, 0.25) is 0 Å². The Morgan fingerprint density at radius 1 is 1.35 bits per heavy atom. The lowest BCUT2D eigenvalue weighted by Crippen LogP contribution is -2.45. The summed E-state index contributed by atoms with van der Waals surface area (Å²) in [5.74, 6) is -1.45. The number of amides is 1. The molecule has 1 amide bonds. The zero-order chi connectivity index (χ0) is 13.1. The molecule has 0 unspecified atom stereocenters. The topological polar surface area (TPSA) is 69.7 Å². The Labute approximate surface area is 102 Å². The van der Waals surface area contributed by atoms with Gasteiger partial charge in [0.25, 0.3) is 0 Å². The van der Waals surface area contributed by atoms with Gasteiger partial charge in [0.1, 0.15) is 5.60 Å². The average Bonchev–Trinajstić information content (AvgIpc) is 2.28. The van der Waals surface area contributed by atoms with E-state index in [0.29, 0.717) is 25.9 Å². The number of carbonyl (C=O) groups is 2. The van der Waals surface area contributed by atoms with Crippen LogP contribution < -0.4 is 5.11 Å². The van der Waals surface area contributed by atoms with Gasteiger partial charge in [0, 0.05) is 25.0 Å². The van der Waals surface area contributed by atoms with Crippen LogP contribution in [0.2, 0.25) is 0 Å². The first-order valence-corrected chi connectivity index (χ1v) is 6.04. The number of nitrogens with zero attached hydrogens (tertiary/aromatic N) is 1. The van der Waals surface area contributed by atoms with Crippen LogP contribution in [0.25, 0.3) is 0 Å². The minimum atomic E-state index is -1.02. The molecule has 0 aliphatic carbocycles. The van der Waals surface area contributed by atoms with E-state index in [4.69, 9.17) is 4.74 Å². The van der Waals surface area contributed by atoms with E-state index < -0.39 is 17.5 Å². The van der Waals surface area contributed by atoms with Crippen molar-refractivity contribution in [1.29, 1.82) is 0 Å². The second-order valence-corrected chi connectivity index (χ2v) is 5.06. The van der Waals surface area contributed by atoms with E-state index in [1.807, 2.05) is 20.8 Å². The largest absolute Gasteiger partial charge is 0.550 e. The third-order valence-electron chi connectivity index (χ3n) is 3.30. The van der Waals surface area contributed by atoms with Gasteiger partial charge in [-0.05, 0) is 33.1 Å². The Kier molecular flexibility index (Phi) is 4.37. The van der Waals surface area contributed by atoms with E-state index in [0.717, 1.165) is 6.42 Å². The second-order valence-electron chi connectivity index (χ2n) is 5.06. The highest BCUT2D eigenvalue weighted by Crippen LogP contribution is 2.20. The maximum absolute atomic E-state index is 11.8. The summed E-state index contributed by atoms with van der Waals surface area (Å²) in [6.45, 7) is 6.53. The molecule has 0 bridgehead atoms. The summed E-state index contributed by atoms with van der Waals surface area (Å²) in [5, 5.41) is 10.7. The van der Waals surface area contributed by atoms with Crippen LogP contribution >= 0.6 is 0 Å². The Hall–Kier alpha value is -1.26. The van der Waals surface area contributed by atoms with Gasteiger partial charge in [-0.15, -0.1) is 0 Å². The number of hydrogen-bond donors (Lipinski definition) is 0. The molecule has 1 heterocycles. The SMILES string of the molecule is CCC(C)(C)OC(=O)N1CCC(C(=O)[O-])CC1. The molecule has 0 aromatic carbocycles. The monoisotopic (exact) mass is 242 g/mol. The summed E-state index contributed by atoms with van der Waals surface area (Å²) in [6, 6.07) is 0. The molecule has 98 valence electrons. The van der Waals surface area contributed by atoms with E-state index in [2.05, 4.69) is 0 Å². The Morgan fingerprint density at radius 2 is 1.88 bits per heavy atom. The molecule has 0 aromatic rings. The number of hydrogen-bond acceptors (Lipinski definition) is 4. The maximum Gasteiger partial charge on any atom is 0.410 e. The molecule has 1 saturated heterocycles. The van der Waals surface area contributed by atoms with Crippen LogP contribution in [-0.4, -0.2) is 35.7 Å². The molecule has 17 heavy (non-hydrogen) atoms. The summed E-state index contributed by atoms with van der Waals surface area (Å²) in [7, 11) is 0. The van der Waals surface area contributed by atoms with Crippen LogP contribution in [0.4, 0.5) is 4.79 Å². The zero-order valence-electron chi connectivity index (χ0n) is 10.7. The number of piperidine rings is 1. The van der Waals surface area contributed by atoms with Crippen molar-refractivity contribution in [3.63, 3.8) is 0 Å². The molecular weight excluding hydrogens is 222 g/mol. The molecule has 5 nitrogen and oxygen atoms in total. The highest BCUT2D eigenvalue weighted by molar-refractivity contribution is 5.70. The predicted octanol–water partition coefficient (Wildman–Crippen LogP) is 0.773. The average molecular weight is 242 g/mol. The third kappa shape index (κ3) is 3.91. The lowest BCUT2D eigenvalue weighted by atomic mass is 9.97. The molecule has 5 heteroatoms. The Balaban J connectivity index is 2.44. The molecule has 0 N–H and O–H groups in total. The predicted molar refractivity (Wildman–Crippen MR) is 60.2 cm³/mol. The van der Waals surface area contributed by atoms with Gasteiger partial charge in [0.05, 0.1) is 0 Å². The van der Waals surface area contributed by atoms with Gasteiger partial charge in [-0.25, -0.2) is 4.79 Å². The van der Waals surface area contributed by atoms with Gasteiger partial charge < -0.3 is 19.5 Å². The van der Waals surface area contributed by atoms with Crippen LogP contribution in [0.15, 0.2) is 0 Å². The first-order valence-electron chi connectivity index (χ1n) is 6.04. The zero-order valence-corrected chi connectivity index (χ0v) is 10.7. The van der Waals surface area contributed by atoms with E-state index in [-0.39, 0.29) is 6.09 Å². The minimum absolute atomic E-state index is 0.353. The fourth-order valence-corrected chi connectivity index (χ4v) is 1.67. The summed E-state index contributed by atoms with van der Waals surface area (Å²) < 4.78 is 5.35. The smallest absolute Gasteiger partial charge is 0.410 e. The molecule has 1 rings (SSSR count). The summed E-state index contributed by atoms with van der Waals surface area (Å²) >= 11 is 0. The van der Waals surface area contributed by atoms with Crippen LogP contribution in [-0.2, 0) is 9.53 Å². The lowest BCUT2D eigenvalue weighted by molar-refractivity contribution is -0.312. The molecule has 0 aromatic heterocycles. The molecular formula is C12H20NO4-. The van der Waals surface area contributed by atoms with Crippen LogP contribution in [0.5, 0.6) is 0 Å². The van der Waals surface area contributed by atoms with Gasteiger partial charge in [-0.2, -0.15) is 0 Å². The molecule has 1 aliphatic heterocycles. The molecule has 0 radical (unpaired) electrons. The molecule has 1 aliphatic rings. The number of likely N-dealkylation sites (tertiary alicyclic amines) is 1. The van der Waals surface area contributed by atoms with Crippen molar-refractivity contribution < 1.29 is 19.4 Å². The van der Waals surface area contributed by atoms with Crippen LogP contribution in [0.3, 0.4) is 0 Å². The first-order chi connectivity index (χ1) is 7.85. The lowest BCUT2D eigenvalue weighted by Gasteiger charge is -2.34. The summed E-state index contributed by atoms with van der Waals surface area (Å²) in [5.41, 5.74) is -0.470. The van der Waals surface area contributed by atoms with Gasteiger partial charge in [0.15, 0.2) is 0 Å².